The number of thioether (sulfide) groups is 1. The van der Waals surface area contributed by atoms with E-state index in [1.165, 1.54) is 4.90 Å². The third-order valence-electron chi connectivity index (χ3n) is 2.19. The molecule has 2 nitrogen and oxygen atoms in total. The molecule has 2 rings (SSSR count). The van der Waals surface area contributed by atoms with Crippen molar-refractivity contribution in [2.24, 2.45) is 0 Å². The molecule has 0 saturated carbocycles. The summed E-state index contributed by atoms with van der Waals surface area (Å²) in [6, 6.07) is 8.01. The van der Waals surface area contributed by atoms with Crippen LogP contribution in [0.2, 0.25) is 10.3 Å². The van der Waals surface area contributed by atoms with Crippen LogP contribution in [0.3, 0.4) is 0 Å². The molecule has 0 amide bonds. The molecule has 0 unspecified atom stereocenters. The van der Waals surface area contributed by atoms with Crippen LogP contribution in [0, 0.1) is 0 Å². The molecule has 0 atom stereocenters. The standard InChI is InChI=1S/C12H9BrCl2N2S/c1-2-18-8-5-3-7(4-6-8)12-16-10(14)9(13)11(15)17-12/h3-6H,2H2,1H3. The van der Waals surface area contributed by atoms with Crippen molar-refractivity contribution in [1.29, 1.82) is 0 Å². The molecule has 0 N–H and O–H groups in total. The van der Waals surface area contributed by atoms with Gasteiger partial charge in [0, 0.05) is 10.5 Å². The van der Waals surface area contributed by atoms with Gasteiger partial charge < -0.3 is 0 Å². The second kappa shape index (κ2) is 6.24. The van der Waals surface area contributed by atoms with Crippen molar-refractivity contribution in [1.82, 2.24) is 9.97 Å². The Bertz CT molecular complexity index is 537. The summed E-state index contributed by atoms with van der Waals surface area (Å²) in [7, 11) is 0. The number of rotatable bonds is 3. The van der Waals surface area contributed by atoms with Crippen LogP contribution >= 0.6 is 50.9 Å². The van der Waals surface area contributed by atoms with Gasteiger partial charge in [0.05, 0.1) is 4.47 Å². The van der Waals surface area contributed by atoms with Crippen LogP contribution in [0.4, 0.5) is 0 Å². The molecular weight excluding hydrogens is 355 g/mol. The number of benzene rings is 1. The molecule has 0 aliphatic carbocycles. The molecule has 2 aromatic rings. The van der Waals surface area contributed by atoms with Gasteiger partial charge in [0.1, 0.15) is 10.3 Å². The second-order valence-corrected chi connectivity index (χ2v) is 6.25. The van der Waals surface area contributed by atoms with Crippen LogP contribution in [-0.4, -0.2) is 15.7 Å². The van der Waals surface area contributed by atoms with Gasteiger partial charge in [0.25, 0.3) is 0 Å². The van der Waals surface area contributed by atoms with Crippen LogP contribution in [0.1, 0.15) is 6.92 Å². The fourth-order valence-corrected chi connectivity index (χ4v) is 2.62. The lowest BCUT2D eigenvalue weighted by molar-refractivity contribution is 1.16. The van der Waals surface area contributed by atoms with E-state index in [1.54, 1.807) is 11.8 Å². The van der Waals surface area contributed by atoms with Crippen LogP contribution < -0.4 is 0 Å². The minimum atomic E-state index is 0.317. The zero-order valence-electron chi connectivity index (χ0n) is 9.45. The monoisotopic (exact) mass is 362 g/mol. The van der Waals surface area contributed by atoms with Gasteiger partial charge in [-0.25, -0.2) is 9.97 Å². The van der Waals surface area contributed by atoms with Gasteiger partial charge in [0.2, 0.25) is 0 Å². The van der Waals surface area contributed by atoms with Crippen LogP contribution in [-0.2, 0) is 0 Å². The Morgan fingerprint density at radius 3 is 2.17 bits per heavy atom. The Morgan fingerprint density at radius 2 is 1.67 bits per heavy atom. The lowest BCUT2D eigenvalue weighted by Crippen LogP contribution is -1.91. The summed E-state index contributed by atoms with van der Waals surface area (Å²) >= 11 is 16.9. The van der Waals surface area contributed by atoms with Gasteiger partial charge in [0.15, 0.2) is 5.82 Å². The van der Waals surface area contributed by atoms with Gasteiger partial charge in [-0.3, -0.25) is 0 Å². The third-order valence-corrected chi connectivity index (χ3v) is 4.84. The van der Waals surface area contributed by atoms with Crippen LogP contribution in [0.15, 0.2) is 33.6 Å². The quantitative estimate of drug-likeness (QED) is 0.544. The van der Waals surface area contributed by atoms with Crippen LogP contribution in [0.5, 0.6) is 0 Å². The minimum absolute atomic E-state index is 0.317. The van der Waals surface area contributed by atoms with E-state index in [4.69, 9.17) is 23.2 Å². The fraction of sp³-hybridized carbons (Fsp3) is 0.167. The van der Waals surface area contributed by atoms with E-state index >= 15 is 0 Å². The fourth-order valence-electron chi connectivity index (χ4n) is 1.39. The molecule has 0 bridgehead atoms. The number of nitrogens with zero attached hydrogens (tertiary/aromatic N) is 2. The first-order valence-corrected chi connectivity index (χ1v) is 7.77. The first kappa shape index (κ1) is 14.1. The summed E-state index contributed by atoms with van der Waals surface area (Å²) in [6.07, 6.45) is 0. The van der Waals surface area contributed by atoms with E-state index in [0.717, 1.165) is 11.3 Å². The van der Waals surface area contributed by atoms with Crippen molar-refractivity contribution in [2.45, 2.75) is 11.8 Å². The van der Waals surface area contributed by atoms with Crippen molar-refractivity contribution < 1.29 is 0 Å². The molecule has 94 valence electrons. The molecule has 6 heteroatoms. The average Bonchev–Trinajstić information content (AvgIpc) is 2.37. The van der Waals surface area contributed by atoms with E-state index in [-0.39, 0.29) is 0 Å². The summed E-state index contributed by atoms with van der Waals surface area (Å²) in [6.45, 7) is 2.12. The van der Waals surface area contributed by atoms with Crippen molar-refractivity contribution in [2.75, 3.05) is 5.75 Å². The van der Waals surface area contributed by atoms with E-state index in [1.807, 2.05) is 24.3 Å². The van der Waals surface area contributed by atoms with Gasteiger partial charge >= 0.3 is 0 Å². The van der Waals surface area contributed by atoms with Gasteiger partial charge in [-0.1, -0.05) is 42.3 Å². The molecule has 0 aliphatic rings. The molecule has 18 heavy (non-hydrogen) atoms. The molecule has 0 saturated heterocycles. The summed E-state index contributed by atoms with van der Waals surface area (Å²) in [5, 5.41) is 0.633. The summed E-state index contributed by atoms with van der Waals surface area (Å²) in [4.78, 5) is 9.61. The normalized spacial score (nSPS) is 10.7. The SMILES string of the molecule is CCSc1ccc(-c2nc(Cl)c(Br)c(Cl)n2)cc1. The van der Waals surface area contributed by atoms with Gasteiger partial charge in [-0.2, -0.15) is 0 Å². The van der Waals surface area contributed by atoms with Gasteiger partial charge in [-0.15, -0.1) is 11.8 Å². The number of halogens is 3. The predicted molar refractivity (Wildman–Crippen MR) is 81.6 cm³/mol. The maximum atomic E-state index is 5.96. The predicted octanol–water partition coefficient (Wildman–Crippen LogP) is 5.32. The molecular formula is C12H9BrCl2N2S. The van der Waals surface area contributed by atoms with Crippen molar-refractivity contribution in [3.05, 3.63) is 39.0 Å². The Hall–Kier alpha value is -0.290. The van der Waals surface area contributed by atoms with Gasteiger partial charge in [-0.05, 0) is 33.8 Å². The zero-order chi connectivity index (χ0) is 13.1. The van der Waals surface area contributed by atoms with Crippen LogP contribution in [0.25, 0.3) is 11.4 Å². The van der Waals surface area contributed by atoms with E-state index in [0.29, 0.717) is 20.6 Å². The summed E-state index contributed by atoms with van der Waals surface area (Å²) < 4.78 is 0.521. The highest BCUT2D eigenvalue weighted by Gasteiger charge is 2.10. The highest BCUT2D eigenvalue weighted by Crippen LogP contribution is 2.30. The second-order valence-electron chi connectivity index (χ2n) is 3.40. The molecule has 1 aromatic heterocycles. The Balaban J connectivity index is 2.36. The zero-order valence-corrected chi connectivity index (χ0v) is 13.4. The topological polar surface area (TPSA) is 25.8 Å². The minimum Gasteiger partial charge on any atom is -0.215 e. The third kappa shape index (κ3) is 3.18. The first-order chi connectivity index (χ1) is 8.61. The maximum Gasteiger partial charge on any atom is 0.162 e. The number of hydrogen-bond acceptors (Lipinski definition) is 3. The number of hydrogen-bond donors (Lipinski definition) is 0. The summed E-state index contributed by atoms with van der Waals surface area (Å²) in [5.41, 5.74) is 0.895. The van der Waals surface area contributed by atoms with E-state index in [2.05, 4.69) is 32.8 Å². The Labute approximate surface area is 128 Å². The molecule has 0 radical (unpaired) electrons. The maximum absolute atomic E-state index is 5.96. The highest BCUT2D eigenvalue weighted by molar-refractivity contribution is 9.10. The first-order valence-electron chi connectivity index (χ1n) is 5.23. The molecule has 1 heterocycles. The van der Waals surface area contributed by atoms with Crippen molar-refractivity contribution in [3.63, 3.8) is 0 Å². The lowest BCUT2D eigenvalue weighted by atomic mass is 10.2. The summed E-state index contributed by atoms with van der Waals surface area (Å²) in [5.74, 6) is 1.58. The average molecular weight is 364 g/mol. The van der Waals surface area contributed by atoms with Crippen molar-refractivity contribution >= 4 is 50.9 Å². The smallest absolute Gasteiger partial charge is 0.162 e. The Morgan fingerprint density at radius 1 is 1.11 bits per heavy atom. The van der Waals surface area contributed by atoms with E-state index < -0.39 is 0 Å². The molecule has 0 fully saturated rings. The van der Waals surface area contributed by atoms with Crippen molar-refractivity contribution in [3.8, 4) is 11.4 Å². The molecule has 0 aliphatic heterocycles. The molecule has 1 aromatic carbocycles. The Kier molecular flexibility index (Phi) is 4.90. The number of aromatic nitrogens is 2. The van der Waals surface area contributed by atoms with E-state index in [9.17, 15) is 0 Å². The highest BCUT2D eigenvalue weighted by atomic mass is 79.9. The lowest BCUT2D eigenvalue weighted by Gasteiger charge is -2.05. The molecule has 0 spiro atoms. The largest absolute Gasteiger partial charge is 0.215 e.